The first kappa shape index (κ1) is 15.6. The summed E-state index contributed by atoms with van der Waals surface area (Å²) in [7, 11) is 0.895. The number of hydrogen-bond donors (Lipinski definition) is 1. The minimum atomic E-state index is -0.638. The van der Waals surface area contributed by atoms with Crippen LogP contribution >= 0.6 is 10.5 Å². The number of hydrogen-bond acceptors (Lipinski definition) is 3. The lowest BCUT2D eigenvalue weighted by Crippen LogP contribution is -2.00. The second-order valence-corrected chi connectivity index (χ2v) is 7.58. The van der Waals surface area contributed by atoms with Crippen LogP contribution in [-0.4, -0.2) is 18.2 Å². The Morgan fingerprint density at radius 2 is 1.76 bits per heavy atom. The molecule has 1 atom stereocenters. The van der Waals surface area contributed by atoms with Crippen LogP contribution in [0.3, 0.4) is 0 Å². The van der Waals surface area contributed by atoms with Gasteiger partial charge in [0, 0.05) is 33.4 Å². The number of phenolic OH excluding ortho intramolecular Hbond substituents is 1. The highest BCUT2D eigenvalue weighted by Crippen LogP contribution is 2.49. The normalized spacial score (nSPS) is 11.8. The molecule has 3 nitrogen and oxygen atoms in total. The average Bonchev–Trinajstić information content (AvgIpc) is 2.97. The summed E-state index contributed by atoms with van der Waals surface area (Å²) >= 11 is 0. The van der Waals surface area contributed by atoms with E-state index in [-0.39, 0.29) is 11.7 Å². The van der Waals surface area contributed by atoms with Crippen molar-refractivity contribution < 1.29 is 19.0 Å². The Kier molecular flexibility index (Phi) is 3.66. The van der Waals surface area contributed by atoms with Crippen LogP contribution in [-0.2, 0) is 4.74 Å². The Labute approximate surface area is 145 Å². The standard InChI is InChI=1S/C20H13FO3S/c1-24-20(23)12-6-9-19-15(10-12)14-4-2-3-5-18(14)25(19)13-7-8-16(21)17(22)11-13/h2-11H,1H3/p+1. The van der Waals surface area contributed by atoms with E-state index in [1.54, 1.807) is 12.1 Å². The summed E-state index contributed by atoms with van der Waals surface area (Å²) in [6.07, 6.45) is 0. The second-order valence-electron chi connectivity index (χ2n) is 5.62. The predicted octanol–water partition coefficient (Wildman–Crippen LogP) is 5.36. The fourth-order valence-electron chi connectivity index (χ4n) is 3.02. The number of carbonyl (C=O) groups is 1. The summed E-state index contributed by atoms with van der Waals surface area (Å²) in [5, 5.41) is 11.8. The summed E-state index contributed by atoms with van der Waals surface area (Å²) < 4.78 is 20.4. The van der Waals surface area contributed by atoms with Gasteiger partial charge in [0.2, 0.25) is 0 Å². The molecule has 1 N–H and O–H groups in total. The number of thiophene rings is 1. The molecule has 5 heteroatoms. The van der Waals surface area contributed by atoms with Crippen molar-refractivity contribution in [2.75, 3.05) is 7.11 Å². The first-order valence-electron chi connectivity index (χ1n) is 7.64. The molecule has 0 saturated heterocycles. The maximum atomic E-state index is 13.5. The number of rotatable bonds is 2. The van der Waals surface area contributed by atoms with Crippen molar-refractivity contribution in [2.24, 2.45) is 0 Å². The molecule has 0 saturated carbocycles. The van der Waals surface area contributed by atoms with E-state index in [0.717, 1.165) is 25.1 Å². The van der Waals surface area contributed by atoms with Gasteiger partial charge in [-0.15, -0.1) is 0 Å². The number of ether oxygens (including phenoxy) is 1. The van der Waals surface area contributed by atoms with E-state index in [1.807, 2.05) is 36.4 Å². The third-order valence-corrected chi connectivity index (χ3v) is 6.49. The van der Waals surface area contributed by atoms with Crippen LogP contribution in [0.25, 0.3) is 25.1 Å². The van der Waals surface area contributed by atoms with E-state index in [1.165, 1.54) is 19.2 Å². The summed E-state index contributed by atoms with van der Waals surface area (Å²) in [5.41, 5.74) is 0.489. The predicted molar refractivity (Wildman–Crippen MR) is 98.2 cm³/mol. The van der Waals surface area contributed by atoms with E-state index >= 15 is 0 Å². The van der Waals surface area contributed by atoms with Crippen molar-refractivity contribution in [2.45, 2.75) is 0 Å². The molecule has 3 aromatic carbocycles. The van der Waals surface area contributed by atoms with Crippen LogP contribution in [0.15, 0.2) is 60.7 Å². The van der Waals surface area contributed by atoms with E-state index in [9.17, 15) is 14.3 Å². The summed E-state index contributed by atoms with van der Waals surface area (Å²) in [6.45, 7) is 0. The van der Waals surface area contributed by atoms with Gasteiger partial charge in [-0.05, 0) is 36.4 Å². The van der Waals surface area contributed by atoms with Crippen molar-refractivity contribution in [1.82, 2.24) is 0 Å². The molecule has 0 amide bonds. The lowest BCUT2D eigenvalue weighted by Gasteiger charge is -1.98. The van der Waals surface area contributed by atoms with Gasteiger partial charge in [-0.2, -0.15) is 0 Å². The maximum Gasteiger partial charge on any atom is 0.337 e. The first-order valence-corrected chi connectivity index (χ1v) is 8.87. The molecule has 4 rings (SSSR count). The van der Waals surface area contributed by atoms with Crippen molar-refractivity contribution in [3.05, 3.63) is 72.0 Å². The minimum absolute atomic E-state index is 0.359. The van der Waals surface area contributed by atoms with Crippen molar-refractivity contribution >= 4 is 36.6 Å². The van der Waals surface area contributed by atoms with Crippen molar-refractivity contribution in [3.8, 4) is 10.6 Å². The molecule has 0 aliphatic carbocycles. The lowest BCUT2D eigenvalue weighted by atomic mass is 10.1. The first-order chi connectivity index (χ1) is 12.1. The molecule has 0 fully saturated rings. The Hall–Kier alpha value is -2.92. The van der Waals surface area contributed by atoms with Gasteiger partial charge in [0.25, 0.3) is 0 Å². The summed E-state index contributed by atoms with van der Waals surface area (Å²) in [5.74, 6) is -1.38. The van der Waals surface area contributed by atoms with Gasteiger partial charge in [0.1, 0.15) is 0 Å². The third-order valence-electron chi connectivity index (χ3n) is 4.17. The Morgan fingerprint density at radius 3 is 2.52 bits per heavy atom. The molecule has 1 aromatic heterocycles. The molecular weight excluding hydrogens is 339 g/mol. The van der Waals surface area contributed by atoms with E-state index < -0.39 is 16.3 Å². The van der Waals surface area contributed by atoms with Gasteiger partial charge < -0.3 is 9.84 Å². The highest BCUT2D eigenvalue weighted by molar-refractivity contribution is 7.50. The Bertz CT molecular complexity index is 1130. The molecule has 124 valence electrons. The van der Waals surface area contributed by atoms with Crippen molar-refractivity contribution in [3.63, 3.8) is 0 Å². The van der Waals surface area contributed by atoms with Gasteiger partial charge >= 0.3 is 5.97 Å². The fraction of sp³-hybridized carbons (Fsp3) is 0.0500. The molecule has 0 aliphatic rings. The molecule has 25 heavy (non-hydrogen) atoms. The average molecular weight is 353 g/mol. The van der Waals surface area contributed by atoms with Gasteiger partial charge in [-0.3, -0.25) is 0 Å². The Morgan fingerprint density at radius 1 is 1.00 bits per heavy atom. The third kappa shape index (κ3) is 2.44. The van der Waals surface area contributed by atoms with E-state index in [4.69, 9.17) is 4.74 Å². The van der Waals surface area contributed by atoms with Gasteiger partial charge in [-0.1, -0.05) is 12.1 Å². The van der Waals surface area contributed by atoms with Gasteiger partial charge in [0.05, 0.1) is 12.7 Å². The van der Waals surface area contributed by atoms with Crippen LogP contribution in [0.4, 0.5) is 4.39 Å². The number of benzene rings is 3. The molecule has 1 unspecified atom stereocenters. The largest absolute Gasteiger partial charge is 0.505 e. The second kappa shape index (κ2) is 5.86. The summed E-state index contributed by atoms with van der Waals surface area (Å²) in [4.78, 5) is 12.7. The lowest BCUT2D eigenvalue weighted by molar-refractivity contribution is 0.0601. The number of methoxy groups -OCH3 is 1. The number of fused-ring (bicyclic) bond motifs is 3. The number of carbonyl (C=O) groups excluding carboxylic acids is 1. The van der Waals surface area contributed by atoms with Gasteiger partial charge in [-0.25, -0.2) is 9.18 Å². The molecule has 4 aromatic rings. The number of halogens is 1. The number of aromatic hydroxyl groups is 1. The number of phenols is 1. The SMILES string of the molecule is COC(=O)c1ccc2c(c1)c1ccccc1[s+]2-c1ccc(F)c(O)c1. The zero-order valence-electron chi connectivity index (χ0n) is 13.3. The van der Waals surface area contributed by atoms with Gasteiger partial charge in [0.15, 0.2) is 25.9 Å². The van der Waals surface area contributed by atoms with Crippen LogP contribution in [0, 0.1) is 5.82 Å². The maximum absolute atomic E-state index is 13.5. The van der Waals surface area contributed by atoms with E-state index in [0.29, 0.717) is 5.56 Å². The highest BCUT2D eigenvalue weighted by atomic mass is 32.2. The van der Waals surface area contributed by atoms with Crippen LogP contribution in [0.1, 0.15) is 10.4 Å². The summed E-state index contributed by atoms with van der Waals surface area (Å²) in [6, 6.07) is 17.8. The molecule has 1 heterocycles. The van der Waals surface area contributed by atoms with Crippen LogP contribution in [0.2, 0.25) is 0 Å². The highest BCUT2D eigenvalue weighted by Gasteiger charge is 2.25. The number of esters is 1. The molecular formula is C20H14FO3S+. The zero-order chi connectivity index (χ0) is 17.6. The fourth-order valence-corrected chi connectivity index (χ4v) is 5.41. The topological polar surface area (TPSA) is 46.5 Å². The molecule has 0 radical (unpaired) electrons. The quantitative estimate of drug-likeness (QED) is 0.390. The minimum Gasteiger partial charge on any atom is -0.505 e. The molecule has 0 spiro atoms. The smallest absolute Gasteiger partial charge is 0.337 e. The van der Waals surface area contributed by atoms with Crippen LogP contribution in [0.5, 0.6) is 5.75 Å². The van der Waals surface area contributed by atoms with Crippen LogP contribution < -0.4 is 0 Å². The molecule has 0 bridgehead atoms. The Balaban J connectivity index is 2.08. The zero-order valence-corrected chi connectivity index (χ0v) is 14.1. The molecule has 0 aliphatic heterocycles. The monoisotopic (exact) mass is 353 g/mol. The van der Waals surface area contributed by atoms with Crippen molar-refractivity contribution in [1.29, 1.82) is 0 Å². The van der Waals surface area contributed by atoms with E-state index in [2.05, 4.69) is 0 Å².